The number of hydrogen-bond donors (Lipinski definition) is 1. The number of ether oxygens (including phenoxy) is 1. The molecule has 0 fully saturated rings. The van der Waals surface area contributed by atoms with Gasteiger partial charge in [0.2, 0.25) is 0 Å². The maximum atomic E-state index is 11.3. The molecule has 0 atom stereocenters. The van der Waals surface area contributed by atoms with Gasteiger partial charge >= 0.3 is 5.97 Å². The van der Waals surface area contributed by atoms with Crippen LogP contribution in [-0.4, -0.2) is 24.6 Å². The fourth-order valence-corrected chi connectivity index (χ4v) is 1.37. The van der Waals surface area contributed by atoms with Gasteiger partial charge in [-0.1, -0.05) is 15.9 Å². The van der Waals surface area contributed by atoms with Crippen molar-refractivity contribution >= 4 is 27.7 Å². The summed E-state index contributed by atoms with van der Waals surface area (Å²) < 4.78 is 5.62. The number of nitrogens with zero attached hydrogens (tertiary/aromatic N) is 1. The Kier molecular flexibility index (Phi) is 3.88. The summed E-state index contributed by atoms with van der Waals surface area (Å²) in [5.74, 6) is 0.215. The smallest absolute Gasteiger partial charge is 0.357 e. The van der Waals surface area contributed by atoms with Gasteiger partial charge in [0.25, 0.3) is 0 Å². The molecule has 4 nitrogen and oxygen atoms in total. The Balaban J connectivity index is 2.96. The van der Waals surface area contributed by atoms with E-state index in [2.05, 4.69) is 26.2 Å². The lowest BCUT2D eigenvalue weighted by Gasteiger charge is -2.04. The van der Waals surface area contributed by atoms with Crippen LogP contribution in [0.2, 0.25) is 0 Å². The van der Waals surface area contributed by atoms with Gasteiger partial charge in [0.05, 0.1) is 6.61 Å². The number of hydrogen-bond acceptors (Lipinski definition) is 4. The molecule has 76 valence electrons. The van der Waals surface area contributed by atoms with E-state index in [1.165, 1.54) is 0 Å². The Bertz CT molecular complexity index is 342. The molecule has 0 radical (unpaired) electrons. The molecule has 1 aromatic rings. The lowest BCUT2D eigenvalue weighted by Crippen LogP contribution is -2.08. The van der Waals surface area contributed by atoms with Crippen LogP contribution >= 0.6 is 15.9 Å². The maximum Gasteiger partial charge on any atom is 0.357 e. The molecule has 0 saturated carbocycles. The molecule has 1 N–H and O–H groups in total. The molecule has 0 aliphatic heterocycles. The van der Waals surface area contributed by atoms with Crippen LogP contribution in [-0.2, 0) is 4.74 Å². The Hall–Kier alpha value is -1.10. The number of aromatic nitrogens is 1. The van der Waals surface area contributed by atoms with E-state index in [-0.39, 0.29) is 0 Å². The summed E-state index contributed by atoms with van der Waals surface area (Å²) in [5, 5.41) is 2.86. The van der Waals surface area contributed by atoms with Crippen molar-refractivity contribution in [2.45, 2.75) is 6.92 Å². The molecule has 0 bridgehead atoms. The lowest BCUT2D eigenvalue weighted by molar-refractivity contribution is 0.0519. The van der Waals surface area contributed by atoms with Gasteiger partial charge < -0.3 is 10.1 Å². The number of nitrogens with one attached hydrogen (secondary N) is 1. The second kappa shape index (κ2) is 4.95. The summed E-state index contributed by atoms with van der Waals surface area (Å²) in [4.78, 5) is 15.4. The quantitative estimate of drug-likeness (QED) is 0.844. The van der Waals surface area contributed by atoms with Gasteiger partial charge in [-0.25, -0.2) is 9.78 Å². The third-order valence-electron chi connectivity index (χ3n) is 1.53. The van der Waals surface area contributed by atoms with E-state index in [1.54, 1.807) is 26.1 Å². The van der Waals surface area contributed by atoms with Crippen molar-refractivity contribution in [2.75, 3.05) is 19.0 Å². The van der Waals surface area contributed by atoms with Crippen molar-refractivity contribution < 1.29 is 9.53 Å². The molecule has 14 heavy (non-hydrogen) atoms. The average Bonchev–Trinajstić information content (AvgIpc) is 2.17. The molecular weight excluding hydrogens is 248 g/mol. The number of anilines is 1. The predicted octanol–water partition coefficient (Wildman–Crippen LogP) is 2.06. The maximum absolute atomic E-state index is 11.3. The highest BCUT2D eigenvalue weighted by Crippen LogP contribution is 2.16. The first-order valence-corrected chi connectivity index (χ1v) is 4.99. The van der Waals surface area contributed by atoms with Gasteiger partial charge in [0.1, 0.15) is 5.82 Å². The van der Waals surface area contributed by atoms with Crippen molar-refractivity contribution in [1.82, 2.24) is 4.98 Å². The normalized spacial score (nSPS) is 9.64. The third-order valence-corrected chi connectivity index (χ3v) is 1.99. The second-order valence-corrected chi connectivity index (χ2v) is 3.44. The highest BCUT2D eigenvalue weighted by molar-refractivity contribution is 9.10. The van der Waals surface area contributed by atoms with Crippen molar-refractivity contribution in [3.05, 3.63) is 22.3 Å². The largest absolute Gasteiger partial charge is 0.461 e. The van der Waals surface area contributed by atoms with Gasteiger partial charge in [-0.05, 0) is 19.1 Å². The Morgan fingerprint density at radius 3 is 2.93 bits per heavy atom. The van der Waals surface area contributed by atoms with Crippen LogP contribution in [0.15, 0.2) is 16.6 Å². The number of esters is 1. The topological polar surface area (TPSA) is 51.2 Å². The van der Waals surface area contributed by atoms with E-state index in [0.29, 0.717) is 18.1 Å². The molecule has 0 aliphatic carbocycles. The van der Waals surface area contributed by atoms with Crippen LogP contribution in [0.4, 0.5) is 5.82 Å². The molecule has 0 aromatic carbocycles. The molecule has 0 aliphatic rings. The highest BCUT2D eigenvalue weighted by Gasteiger charge is 2.09. The van der Waals surface area contributed by atoms with Gasteiger partial charge in [-0.2, -0.15) is 0 Å². The van der Waals surface area contributed by atoms with Gasteiger partial charge in [0.15, 0.2) is 5.69 Å². The van der Waals surface area contributed by atoms with Crippen molar-refractivity contribution in [1.29, 1.82) is 0 Å². The van der Waals surface area contributed by atoms with Crippen LogP contribution in [0.5, 0.6) is 0 Å². The monoisotopic (exact) mass is 258 g/mol. The van der Waals surface area contributed by atoms with Crippen LogP contribution in [0.3, 0.4) is 0 Å². The first kappa shape index (κ1) is 11.0. The molecule has 0 spiro atoms. The summed E-state index contributed by atoms with van der Waals surface area (Å²) in [7, 11) is 1.74. The standard InChI is InChI=1S/C9H11BrN2O2/c1-3-14-9(13)7-4-6(10)5-8(11-2)12-7/h4-5H,3H2,1-2H3,(H,11,12). The molecule has 1 aromatic heterocycles. The minimum atomic E-state index is -0.412. The van der Waals surface area contributed by atoms with Crippen molar-refractivity contribution in [3.8, 4) is 0 Å². The highest BCUT2D eigenvalue weighted by atomic mass is 79.9. The Morgan fingerprint density at radius 1 is 1.64 bits per heavy atom. The second-order valence-electron chi connectivity index (χ2n) is 2.53. The van der Waals surface area contributed by atoms with E-state index in [0.717, 1.165) is 4.47 Å². The molecular formula is C9H11BrN2O2. The summed E-state index contributed by atoms with van der Waals surface area (Å²) in [6, 6.07) is 3.40. The Morgan fingerprint density at radius 2 is 2.36 bits per heavy atom. The van der Waals surface area contributed by atoms with Gasteiger partial charge in [0, 0.05) is 11.5 Å². The fraction of sp³-hybridized carbons (Fsp3) is 0.333. The van der Waals surface area contributed by atoms with Crippen LogP contribution in [0, 0.1) is 0 Å². The summed E-state index contributed by atoms with van der Waals surface area (Å²) in [6.07, 6.45) is 0. The molecule has 0 unspecified atom stereocenters. The third kappa shape index (κ3) is 2.70. The van der Waals surface area contributed by atoms with E-state index < -0.39 is 5.97 Å². The van der Waals surface area contributed by atoms with E-state index in [9.17, 15) is 4.79 Å². The summed E-state index contributed by atoms with van der Waals surface area (Å²) in [5.41, 5.74) is 0.297. The lowest BCUT2D eigenvalue weighted by atomic mass is 10.3. The van der Waals surface area contributed by atoms with Crippen molar-refractivity contribution in [2.24, 2.45) is 0 Å². The zero-order valence-electron chi connectivity index (χ0n) is 8.00. The Labute approximate surface area is 90.8 Å². The number of halogens is 1. The average molecular weight is 259 g/mol. The number of carbonyl (C=O) groups excluding carboxylic acids is 1. The van der Waals surface area contributed by atoms with Crippen molar-refractivity contribution in [3.63, 3.8) is 0 Å². The van der Waals surface area contributed by atoms with E-state index >= 15 is 0 Å². The van der Waals surface area contributed by atoms with Crippen LogP contribution < -0.4 is 5.32 Å². The molecule has 5 heteroatoms. The molecule has 0 saturated heterocycles. The number of carbonyl (C=O) groups is 1. The molecule has 1 rings (SSSR count). The minimum absolute atomic E-state index is 0.297. The van der Waals surface area contributed by atoms with E-state index in [1.807, 2.05) is 0 Å². The minimum Gasteiger partial charge on any atom is -0.461 e. The molecule has 0 amide bonds. The number of rotatable bonds is 3. The SMILES string of the molecule is CCOC(=O)c1cc(Br)cc(NC)n1. The zero-order chi connectivity index (χ0) is 10.6. The first-order valence-electron chi connectivity index (χ1n) is 4.19. The number of pyridine rings is 1. The zero-order valence-corrected chi connectivity index (χ0v) is 9.59. The van der Waals surface area contributed by atoms with Gasteiger partial charge in [-0.15, -0.1) is 0 Å². The first-order chi connectivity index (χ1) is 6.67. The molecule has 1 heterocycles. The fourth-order valence-electron chi connectivity index (χ4n) is 0.935. The summed E-state index contributed by atoms with van der Waals surface area (Å²) >= 11 is 3.29. The van der Waals surface area contributed by atoms with E-state index in [4.69, 9.17) is 4.74 Å². The van der Waals surface area contributed by atoms with Gasteiger partial charge in [-0.3, -0.25) is 0 Å². The predicted molar refractivity (Wildman–Crippen MR) is 57.4 cm³/mol. The van der Waals surface area contributed by atoms with Crippen LogP contribution in [0.1, 0.15) is 17.4 Å². The van der Waals surface area contributed by atoms with Crippen LogP contribution in [0.25, 0.3) is 0 Å². The summed E-state index contributed by atoms with van der Waals surface area (Å²) in [6.45, 7) is 2.11.